The molecular weight excluding hydrogens is 332 g/mol. The largest absolute Gasteiger partial charge is 0.383 e. The number of nitrogens with zero attached hydrogens (tertiary/aromatic N) is 4. The summed E-state index contributed by atoms with van der Waals surface area (Å²) in [6.07, 6.45) is 3.09. The highest BCUT2D eigenvalue weighted by molar-refractivity contribution is 5.89. The van der Waals surface area contributed by atoms with Crippen LogP contribution in [0.2, 0.25) is 0 Å². The number of ether oxygens (including phenoxy) is 1. The van der Waals surface area contributed by atoms with E-state index in [1.54, 1.807) is 12.0 Å². The second-order valence-electron chi connectivity index (χ2n) is 7.05. The zero-order chi connectivity index (χ0) is 18.5. The maximum Gasteiger partial charge on any atom is 0.228 e. The molecule has 3 rings (SSSR count). The fourth-order valence-corrected chi connectivity index (χ4v) is 3.74. The lowest BCUT2D eigenvalue weighted by Gasteiger charge is -2.25. The van der Waals surface area contributed by atoms with E-state index in [-0.39, 0.29) is 17.7 Å². The summed E-state index contributed by atoms with van der Waals surface area (Å²) in [7, 11) is 1.62. The van der Waals surface area contributed by atoms with Crippen LogP contribution in [0.5, 0.6) is 0 Å². The Morgan fingerprint density at radius 1 is 1.31 bits per heavy atom. The van der Waals surface area contributed by atoms with Gasteiger partial charge >= 0.3 is 0 Å². The number of aromatic nitrogens is 1. The lowest BCUT2D eigenvalue weighted by Crippen LogP contribution is -2.40. The smallest absolute Gasteiger partial charge is 0.228 e. The summed E-state index contributed by atoms with van der Waals surface area (Å²) in [5.41, 5.74) is 2.16. The third-order valence-electron chi connectivity index (χ3n) is 5.18. The molecule has 0 bridgehead atoms. The quantitative estimate of drug-likeness (QED) is 0.781. The summed E-state index contributed by atoms with van der Waals surface area (Å²) < 4.78 is 5.04. The van der Waals surface area contributed by atoms with Crippen molar-refractivity contribution in [2.24, 2.45) is 5.92 Å². The van der Waals surface area contributed by atoms with E-state index in [0.29, 0.717) is 32.7 Å². The van der Waals surface area contributed by atoms with Crippen molar-refractivity contribution in [3.05, 3.63) is 24.0 Å². The number of carbonyl (C=O) groups excluding carboxylic acids is 2. The van der Waals surface area contributed by atoms with Crippen LogP contribution in [0.4, 0.5) is 5.69 Å². The second kappa shape index (κ2) is 8.49. The van der Waals surface area contributed by atoms with Gasteiger partial charge in [-0.1, -0.05) is 0 Å². The highest BCUT2D eigenvalue weighted by atomic mass is 16.5. The number of rotatable bonds is 5. The molecule has 26 heavy (non-hydrogen) atoms. The van der Waals surface area contributed by atoms with Crippen molar-refractivity contribution in [2.45, 2.75) is 19.8 Å². The number of amides is 2. The molecule has 0 aromatic carbocycles. The average Bonchev–Trinajstić information content (AvgIpc) is 2.84. The molecule has 7 nitrogen and oxygen atoms in total. The molecule has 3 heterocycles. The highest BCUT2D eigenvalue weighted by Crippen LogP contribution is 2.22. The fourth-order valence-electron chi connectivity index (χ4n) is 3.74. The predicted octanol–water partition coefficient (Wildman–Crippen LogP) is 0.924. The third-order valence-corrected chi connectivity index (χ3v) is 5.18. The third kappa shape index (κ3) is 4.33. The van der Waals surface area contributed by atoms with Crippen LogP contribution in [0.15, 0.2) is 18.3 Å². The number of pyridine rings is 1. The summed E-state index contributed by atoms with van der Waals surface area (Å²) in [5, 5.41) is 0. The Bertz CT molecular complexity index is 651. The average molecular weight is 360 g/mol. The van der Waals surface area contributed by atoms with Crippen LogP contribution in [0.3, 0.4) is 0 Å². The van der Waals surface area contributed by atoms with Gasteiger partial charge in [0.1, 0.15) is 0 Å². The van der Waals surface area contributed by atoms with E-state index in [0.717, 1.165) is 37.4 Å². The molecule has 142 valence electrons. The number of anilines is 1. The van der Waals surface area contributed by atoms with E-state index in [2.05, 4.69) is 16.0 Å². The molecule has 0 N–H and O–H groups in total. The van der Waals surface area contributed by atoms with E-state index < -0.39 is 0 Å². The van der Waals surface area contributed by atoms with E-state index in [1.165, 1.54) is 0 Å². The molecule has 0 spiro atoms. The molecule has 2 aliphatic rings. The predicted molar refractivity (Wildman–Crippen MR) is 98.9 cm³/mol. The Hall–Kier alpha value is -2.15. The van der Waals surface area contributed by atoms with Crippen molar-refractivity contribution in [3.8, 4) is 0 Å². The molecule has 7 heteroatoms. The molecule has 1 atom stereocenters. The van der Waals surface area contributed by atoms with Crippen LogP contribution >= 0.6 is 0 Å². The molecule has 0 radical (unpaired) electrons. The van der Waals surface area contributed by atoms with Crippen molar-refractivity contribution >= 4 is 17.5 Å². The van der Waals surface area contributed by atoms with Gasteiger partial charge in [-0.25, -0.2) is 0 Å². The summed E-state index contributed by atoms with van der Waals surface area (Å²) in [4.78, 5) is 35.2. The second-order valence-corrected chi connectivity index (χ2v) is 7.05. The molecule has 2 aliphatic heterocycles. The minimum Gasteiger partial charge on any atom is -0.383 e. The van der Waals surface area contributed by atoms with E-state index >= 15 is 0 Å². The minimum atomic E-state index is -0.214. The molecule has 1 aromatic heterocycles. The monoisotopic (exact) mass is 360 g/mol. The number of likely N-dealkylation sites (tertiary alicyclic amines) is 1. The number of carbonyl (C=O) groups is 2. The van der Waals surface area contributed by atoms with Crippen molar-refractivity contribution in [3.63, 3.8) is 0 Å². The van der Waals surface area contributed by atoms with Gasteiger partial charge in [-0.2, -0.15) is 0 Å². The molecule has 0 aliphatic carbocycles. The summed E-state index contributed by atoms with van der Waals surface area (Å²) in [6, 6.07) is 4.11. The summed E-state index contributed by atoms with van der Waals surface area (Å²) in [5.74, 6) is -0.0378. The first kappa shape index (κ1) is 18.6. The maximum atomic E-state index is 12.9. The molecule has 0 unspecified atom stereocenters. The zero-order valence-corrected chi connectivity index (χ0v) is 15.7. The maximum absolute atomic E-state index is 12.9. The molecule has 0 saturated carbocycles. The van der Waals surface area contributed by atoms with Crippen LogP contribution in [0, 0.1) is 12.8 Å². The van der Waals surface area contributed by atoms with Crippen LogP contribution in [-0.4, -0.2) is 79.6 Å². The molecule has 2 saturated heterocycles. The lowest BCUT2D eigenvalue weighted by atomic mass is 10.1. The number of hydrogen-bond donors (Lipinski definition) is 0. The zero-order valence-electron chi connectivity index (χ0n) is 15.7. The van der Waals surface area contributed by atoms with E-state index in [4.69, 9.17) is 4.74 Å². The Balaban J connectivity index is 1.57. The normalized spacial score (nSPS) is 21.2. The first-order chi connectivity index (χ1) is 12.6. The van der Waals surface area contributed by atoms with E-state index in [1.807, 2.05) is 24.1 Å². The Kier molecular flexibility index (Phi) is 6.08. The lowest BCUT2D eigenvalue weighted by molar-refractivity contribution is -0.135. The Morgan fingerprint density at radius 2 is 2.15 bits per heavy atom. The molecule has 1 aromatic rings. The van der Waals surface area contributed by atoms with Gasteiger partial charge in [0.25, 0.3) is 0 Å². The van der Waals surface area contributed by atoms with Gasteiger partial charge in [0.15, 0.2) is 0 Å². The van der Waals surface area contributed by atoms with Crippen LogP contribution in [0.1, 0.15) is 18.5 Å². The van der Waals surface area contributed by atoms with Gasteiger partial charge in [0.05, 0.1) is 12.5 Å². The van der Waals surface area contributed by atoms with Crippen molar-refractivity contribution in [1.29, 1.82) is 0 Å². The number of hydrogen-bond acceptors (Lipinski definition) is 5. The van der Waals surface area contributed by atoms with Gasteiger partial charge in [0, 0.05) is 70.4 Å². The van der Waals surface area contributed by atoms with Crippen LogP contribution in [-0.2, 0) is 14.3 Å². The first-order valence-electron chi connectivity index (χ1n) is 9.31. The molecule has 2 amide bonds. The van der Waals surface area contributed by atoms with Gasteiger partial charge in [-0.05, 0) is 25.5 Å². The fraction of sp³-hybridized carbons (Fsp3) is 0.632. The van der Waals surface area contributed by atoms with Crippen LogP contribution < -0.4 is 4.90 Å². The van der Waals surface area contributed by atoms with Crippen molar-refractivity contribution in [2.75, 3.05) is 57.9 Å². The van der Waals surface area contributed by atoms with Gasteiger partial charge in [-0.3, -0.25) is 14.6 Å². The van der Waals surface area contributed by atoms with Gasteiger partial charge in [-0.15, -0.1) is 0 Å². The Morgan fingerprint density at radius 3 is 2.92 bits per heavy atom. The topological polar surface area (TPSA) is 66.0 Å². The van der Waals surface area contributed by atoms with Crippen LogP contribution in [0.25, 0.3) is 0 Å². The van der Waals surface area contributed by atoms with Gasteiger partial charge in [0.2, 0.25) is 11.8 Å². The SMILES string of the molecule is COCCN1C[C@H](C(=O)N2CCCN(c3ccnc(C)c3)CC2)CC1=O. The standard InChI is InChI=1S/C19H28N4O3/c1-15-12-17(4-5-20-15)21-6-3-7-22(9-8-21)19(25)16-13-18(24)23(14-16)10-11-26-2/h4-5,12,16H,3,6-11,13-14H2,1-2H3/t16-/m1/s1. The highest BCUT2D eigenvalue weighted by Gasteiger charge is 2.36. The van der Waals surface area contributed by atoms with E-state index in [9.17, 15) is 9.59 Å². The molecule has 2 fully saturated rings. The van der Waals surface area contributed by atoms with Crippen molar-refractivity contribution < 1.29 is 14.3 Å². The summed E-state index contributed by atoms with van der Waals surface area (Å²) in [6.45, 7) is 6.77. The minimum absolute atomic E-state index is 0.0594. The molecular formula is C19H28N4O3. The number of aryl methyl sites for hydroxylation is 1. The number of methoxy groups -OCH3 is 1. The Labute approximate surface area is 154 Å². The van der Waals surface area contributed by atoms with Gasteiger partial charge < -0.3 is 19.4 Å². The first-order valence-corrected chi connectivity index (χ1v) is 9.31. The van der Waals surface area contributed by atoms with Crippen molar-refractivity contribution in [1.82, 2.24) is 14.8 Å². The summed E-state index contributed by atoms with van der Waals surface area (Å²) >= 11 is 0.